The van der Waals surface area contributed by atoms with Gasteiger partial charge in [0.15, 0.2) is 0 Å². The summed E-state index contributed by atoms with van der Waals surface area (Å²) in [7, 11) is -1.64. The van der Waals surface area contributed by atoms with E-state index in [1.54, 1.807) is 4.90 Å². The third-order valence-corrected chi connectivity index (χ3v) is 4.36. The summed E-state index contributed by atoms with van der Waals surface area (Å²) in [6.45, 7) is 1.85. The van der Waals surface area contributed by atoms with E-state index in [1.165, 1.54) is 17.7 Å². The molecule has 0 saturated carbocycles. The Morgan fingerprint density at radius 2 is 1.89 bits per heavy atom. The van der Waals surface area contributed by atoms with E-state index in [0.717, 1.165) is 0 Å². The van der Waals surface area contributed by atoms with E-state index >= 15 is 0 Å². The highest BCUT2D eigenvalue weighted by molar-refractivity contribution is 7.88. The second-order valence-electron chi connectivity index (χ2n) is 4.34. The van der Waals surface area contributed by atoms with E-state index in [4.69, 9.17) is 10.5 Å². The molecule has 0 aromatic carbocycles. The minimum atomic E-state index is -3.16. The van der Waals surface area contributed by atoms with Gasteiger partial charge < -0.3 is 15.4 Å². The van der Waals surface area contributed by atoms with Gasteiger partial charge in [-0.15, -0.1) is 0 Å². The Kier molecular flexibility index (Phi) is 5.51. The van der Waals surface area contributed by atoms with Crippen molar-refractivity contribution in [1.82, 2.24) is 9.21 Å². The molecule has 106 valence electrons. The predicted molar refractivity (Wildman–Crippen MR) is 67.5 cm³/mol. The van der Waals surface area contributed by atoms with E-state index in [0.29, 0.717) is 32.7 Å². The summed E-state index contributed by atoms with van der Waals surface area (Å²) in [5, 5.41) is 0. The van der Waals surface area contributed by atoms with Crippen LogP contribution in [-0.4, -0.2) is 75.7 Å². The highest BCUT2D eigenvalue weighted by Crippen LogP contribution is 2.08. The maximum absolute atomic E-state index is 11.9. The molecule has 1 heterocycles. The first kappa shape index (κ1) is 15.4. The Balaban J connectivity index is 2.45. The van der Waals surface area contributed by atoms with Crippen molar-refractivity contribution < 1.29 is 17.9 Å². The third-order valence-electron chi connectivity index (χ3n) is 3.06. The van der Waals surface area contributed by atoms with Gasteiger partial charge in [0.1, 0.15) is 0 Å². The molecule has 18 heavy (non-hydrogen) atoms. The van der Waals surface area contributed by atoms with E-state index in [9.17, 15) is 13.2 Å². The van der Waals surface area contributed by atoms with Crippen LogP contribution in [0.3, 0.4) is 0 Å². The molecule has 1 aliphatic heterocycles. The zero-order chi connectivity index (χ0) is 13.8. The zero-order valence-electron chi connectivity index (χ0n) is 10.8. The molecule has 0 spiro atoms. The van der Waals surface area contributed by atoms with Crippen LogP contribution in [0, 0.1) is 0 Å². The number of hydrogen-bond acceptors (Lipinski definition) is 5. The van der Waals surface area contributed by atoms with Gasteiger partial charge in [0.05, 0.1) is 18.8 Å². The summed E-state index contributed by atoms with van der Waals surface area (Å²) < 4.78 is 29.1. The zero-order valence-corrected chi connectivity index (χ0v) is 11.6. The lowest BCUT2D eigenvalue weighted by atomic mass is 10.2. The molecule has 1 saturated heterocycles. The largest absolute Gasteiger partial charge is 0.380 e. The Bertz CT molecular complexity index is 373. The first-order chi connectivity index (χ1) is 8.38. The topological polar surface area (TPSA) is 92.9 Å². The van der Waals surface area contributed by atoms with Crippen LogP contribution in [0.25, 0.3) is 0 Å². The Morgan fingerprint density at radius 1 is 1.33 bits per heavy atom. The molecule has 0 bridgehead atoms. The van der Waals surface area contributed by atoms with Crippen LogP contribution < -0.4 is 5.73 Å². The summed E-state index contributed by atoms with van der Waals surface area (Å²) in [5.41, 5.74) is 5.46. The van der Waals surface area contributed by atoms with Gasteiger partial charge in [-0.1, -0.05) is 0 Å². The van der Waals surface area contributed by atoms with Crippen molar-refractivity contribution in [3.05, 3.63) is 0 Å². The summed E-state index contributed by atoms with van der Waals surface area (Å²) in [4.78, 5) is 13.6. The molecule has 0 aromatic rings. The third kappa shape index (κ3) is 4.20. The van der Waals surface area contributed by atoms with Gasteiger partial charge in [-0.3, -0.25) is 4.79 Å². The Hall–Kier alpha value is -0.700. The normalized spacial score (nSPS) is 19.8. The van der Waals surface area contributed by atoms with Crippen LogP contribution in [0.5, 0.6) is 0 Å². The number of sulfonamides is 1. The number of amides is 1. The lowest BCUT2D eigenvalue weighted by molar-refractivity contribution is -0.134. The van der Waals surface area contributed by atoms with Crippen LogP contribution in [0.15, 0.2) is 0 Å². The van der Waals surface area contributed by atoms with Gasteiger partial charge in [0, 0.05) is 39.8 Å². The molecule has 0 radical (unpaired) electrons. The van der Waals surface area contributed by atoms with E-state index in [1.807, 2.05) is 0 Å². The van der Waals surface area contributed by atoms with Gasteiger partial charge in [-0.2, -0.15) is 4.31 Å². The fraction of sp³-hybridized carbons (Fsp3) is 0.900. The lowest BCUT2D eigenvalue weighted by Crippen LogP contribution is -2.51. The van der Waals surface area contributed by atoms with Crippen LogP contribution in [0.2, 0.25) is 0 Å². The van der Waals surface area contributed by atoms with Gasteiger partial charge in [-0.25, -0.2) is 8.42 Å². The number of hydrogen-bond donors (Lipinski definition) is 1. The Morgan fingerprint density at radius 3 is 2.28 bits per heavy atom. The molecule has 1 unspecified atom stereocenters. The quantitative estimate of drug-likeness (QED) is 0.658. The number of ether oxygens (including phenoxy) is 1. The van der Waals surface area contributed by atoms with Crippen molar-refractivity contribution >= 4 is 15.9 Å². The molecule has 8 heteroatoms. The molecular weight excluding hydrogens is 258 g/mol. The van der Waals surface area contributed by atoms with E-state index < -0.39 is 10.0 Å². The van der Waals surface area contributed by atoms with Gasteiger partial charge in [0.25, 0.3) is 0 Å². The van der Waals surface area contributed by atoms with Crippen molar-refractivity contribution in [3.63, 3.8) is 0 Å². The molecular formula is C10H21N3O4S. The van der Waals surface area contributed by atoms with Crippen LogP contribution in [0.1, 0.15) is 6.42 Å². The van der Waals surface area contributed by atoms with Crippen molar-refractivity contribution in [3.8, 4) is 0 Å². The van der Waals surface area contributed by atoms with Crippen LogP contribution in [0.4, 0.5) is 0 Å². The second kappa shape index (κ2) is 6.46. The molecule has 7 nitrogen and oxygen atoms in total. The minimum Gasteiger partial charge on any atom is -0.380 e. The summed E-state index contributed by atoms with van der Waals surface area (Å²) in [5.74, 6) is -0.0412. The van der Waals surface area contributed by atoms with Crippen LogP contribution in [-0.2, 0) is 19.6 Å². The molecule has 1 atom stereocenters. The average molecular weight is 279 g/mol. The maximum atomic E-state index is 11.9. The molecule has 0 aromatic heterocycles. The van der Waals surface area contributed by atoms with Crippen molar-refractivity contribution in [1.29, 1.82) is 0 Å². The molecule has 1 fully saturated rings. The number of piperazine rings is 1. The van der Waals surface area contributed by atoms with Crippen molar-refractivity contribution in [2.45, 2.75) is 12.5 Å². The van der Waals surface area contributed by atoms with Gasteiger partial charge in [-0.05, 0) is 0 Å². The predicted octanol–water partition coefficient (Wildman–Crippen LogP) is -1.55. The number of carbonyl (C=O) groups excluding carboxylic acids is 1. The van der Waals surface area contributed by atoms with Crippen LogP contribution >= 0.6 is 0 Å². The maximum Gasteiger partial charge on any atom is 0.225 e. The smallest absolute Gasteiger partial charge is 0.225 e. The number of rotatable bonds is 5. The first-order valence-corrected chi connectivity index (χ1v) is 7.69. The minimum absolute atomic E-state index is 0.0412. The molecule has 1 aliphatic rings. The summed E-state index contributed by atoms with van der Waals surface area (Å²) in [6, 6.07) is 0. The SMILES string of the molecule is COC(CN)CC(=O)N1CCN(S(C)(=O)=O)CC1. The number of nitrogens with zero attached hydrogens (tertiary/aromatic N) is 2. The van der Waals surface area contributed by atoms with Gasteiger partial charge >= 0.3 is 0 Å². The first-order valence-electron chi connectivity index (χ1n) is 5.84. The highest BCUT2D eigenvalue weighted by Gasteiger charge is 2.26. The van der Waals surface area contributed by atoms with E-state index in [-0.39, 0.29) is 18.4 Å². The number of carbonyl (C=O) groups is 1. The number of nitrogens with two attached hydrogens (primary N) is 1. The molecule has 1 amide bonds. The van der Waals surface area contributed by atoms with Crippen molar-refractivity contribution in [2.75, 3.05) is 46.1 Å². The summed E-state index contributed by atoms with van der Waals surface area (Å²) >= 11 is 0. The Labute approximate surface area is 108 Å². The summed E-state index contributed by atoms with van der Waals surface area (Å²) in [6.07, 6.45) is 1.15. The monoisotopic (exact) mass is 279 g/mol. The van der Waals surface area contributed by atoms with Gasteiger partial charge in [0.2, 0.25) is 15.9 Å². The fourth-order valence-corrected chi connectivity index (χ4v) is 2.68. The molecule has 1 rings (SSSR count). The van der Waals surface area contributed by atoms with E-state index in [2.05, 4.69) is 0 Å². The second-order valence-corrected chi connectivity index (χ2v) is 6.32. The lowest BCUT2D eigenvalue weighted by Gasteiger charge is -2.33. The standard InChI is InChI=1S/C10H21N3O4S/c1-17-9(8-11)7-10(14)12-3-5-13(6-4-12)18(2,15)16/h9H,3-8,11H2,1-2H3. The highest BCUT2D eigenvalue weighted by atomic mass is 32.2. The molecule has 2 N–H and O–H groups in total. The number of methoxy groups -OCH3 is 1. The average Bonchev–Trinajstić information content (AvgIpc) is 2.34. The fourth-order valence-electron chi connectivity index (χ4n) is 1.86. The van der Waals surface area contributed by atoms with Crippen molar-refractivity contribution in [2.24, 2.45) is 5.73 Å². The molecule has 0 aliphatic carbocycles.